The SMILES string of the molecule is CCOC(=O)/C=C(\CCCO)[C@H]1NCCc2c1[nH]c1ccccc21. The maximum atomic E-state index is 11.9. The van der Waals surface area contributed by atoms with E-state index in [1.807, 2.05) is 6.07 Å². The number of rotatable bonds is 6. The van der Waals surface area contributed by atoms with Gasteiger partial charge >= 0.3 is 5.97 Å². The normalized spacial score (nSPS) is 17.8. The lowest BCUT2D eigenvalue weighted by atomic mass is 9.91. The van der Waals surface area contributed by atoms with E-state index in [1.165, 1.54) is 10.9 Å². The molecule has 0 saturated heterocycles. The van der Waals surface area contributed by atoms with E-state index in [9.17, 15) is 9.90 Å². The topological polar surface area (TPSA) is 74.3 Å². The molecule has 1 aliphatic rings. The van der Waals surface area contributed by atoms with E-state index in [4.69, 9.17) is 4.74 Å². The molecule has 2 heterocycles. The number of hydrogen-bond donors (Lipinski definition) is 3. The number of hydrogen-bond acceptors (Lipinski definition) is 4. The lowest BCUT2D eigenvalue weighted by Crippen LogP contribution is -2.31. The van der Waals surface area contributed by atoms with Gasteiger partial charge in [-0.15, -0.1) is 0 Å². The smallest absolute Gasteiger partial charge is 0.330 e. The predicted octanol–water partition coefficient (Wildman–Crippen LogP) is 2.62. The molecule has 1 aliphatic heterocycles. The van der Waals surface area contributed by atoms with Gasteiger partial charge < -0.3 is 20.1 Å². The Balaban J connectivity index is 1.99. The van der Waals surface area contributed by atoms with Gasteiger partial charge in [0.1, 0.15) is 0 Å². The standard InChI is InChI=1S/C19H24N2O3/c1-2-24-17(23)12-13(6-5-11-22)18-19-15(9-10-20-18)14-7-3-4-8-16(14)21-19/h3-4,7-8,12,18,20-22H,2,5-6,9-11H2,1H3/b13-12+/t18-/m1/s1. The van der Waals surface area contributed by atoms with Gasteiger partial charge in [0.25, 0.3) is 0 Å². The number of carbonyl (C=O) groups excluding carboxylic acids is 1. The van der Waals surface area contributed by atoms with Gasteiger partial charge in [-0.25, -0.2) is 4.79 Å². The van der Waals surface area contributed by atoms with Crippen LogP contribution in [0.1, 0.15) is 37.1 Å². The first-order chi connectivity index (χ1) is 11.7. The first-order valence-electron chi connectivity index (χ1n) is 8.55. The summed E-state index contributed by atoms with van der Waals surface area (Å²) in [5.41, 5.74) is 4.51. The minimum Gasteiger partial charge on any atom is -0.463 e. The van der Waals surface area contributed by atoms with Gasteiger partial charge in [-0.2, -0.15) is 0 Å². The summed E-state index contributed by atoms with van der Waals surface area (Å²) in [5, 5.41) is 13.9. The van der Waals surface area contributed by atoms with Gasteiger partial charge in [0.2, 0.25) is 0 Å². The molecule has 5 nitrogen and oxygen atoms in total. The molecule has 24 heavy (non-hydrogen) atoms. The number of aromatic nitrogens is 1. The fourth-order valence-electron chi connectivity index (χ4n) is 3.42. The van der Waals surface area contributed by atoms with Gasteiger partial charge in [-0.3, -0.25) is 0 Å². The fourth-order valence-corrected chi connectivity index (χ4v) is 3.42. The molecule has 5 heteroatoms. The Morgan fingerprint density at radius 2 is 2.25 bits per heavy atom. The number of H-pyrrole nitrogens is 1. The molecule has 0 unspecified atom stereocenters. The first kappa shape index (κ1) is 16.7. The zero-order valence-electron chi connectivity index (χ0n) is 14.0. The Kier molecular flexibility index (Phi) is 5.33. The fraction of sp³-hybridized carbons (Fsp3) is 0.421. The van der Waals surface area contributed by atoms with E-state index in [1.54, 1.807) is 13.0 Å². The van der Waals surface area contributed by atoms with E-state index in [-0.39, 0.29) is 18.6 Å². The van der Waals surface area contributed by atoms with Crippen LogP contribution in [0, 0.1) is 0 Å². The van der Waals surface area contributed by atoms with Crippen molar-refractivity contribution in [3.63, 3.8) is 0 Å². The van der Waals surface area contributed by atoms with Gasteiger partial charge in [-0.05, 0) is 43.4 Å². The van der Waals surface area contributed by atoms with Crippen LogP contribution in [-0.2, 0) is 16.0 Å². The van der Waals surface area contributed by atoms with E-state index in [2.05, 4.69) is 28.5 Å². The van der Waals surface area contributed by atoms with Crippen molar-refractivity contribution < 1.29 is 14.6 Å². The zero-order chi connectivity index (χ0) is 16.9. The van der Waals surface area contributed by atoms with E-state index < -0.39 is 0 Å². The first-order valence-corrected chi connectivity index (χ1v) is 8.55. The maximum absolute atomic E-state index is 11.9. The number of aliphatic hydroxyl groups is 1. The van der Waals surface area contributed by atoms with Crippen LogP contribution in [0.15, 0.2) is 35.9 Å². The number of ether oxygens (including phenoxy) is 1. The second kappa shape index (κ2) is 7.64. The van der Waals surface area contributed by atoms with Crippen molar-refractivity contribution in [3.8, 4) is 0 Å². The summed E-state index contributed by atoms with van der Waals surface area (Å²) >= 11 is 0. The molecule has 0 fully saturated rings. The highest BCUT2D eigenvalue weighted by Gasteiger charge is 2.26. The molecule has 2 aromatic rings. The van der Waals surface area contributed by atoms with Crippen molar-refractivity contribution in [3.05, 3.63) is 47.2 Å². The third-order valence-corrected chi connectivity index (χ3v) is 4.44. The van der Waals surface area contributed by atoms with Gasteiger partial charge in [0, 0.05) is 35.8 Å². The Labute approximate surface area is 141 Å². The molecular weight excluding hydrogens is 304 g/mol. The molecule has 0 amide bonds. The minimum atomic E-state index is -0.324. The van der Waals surface area contributed by atoms with Crippen LogP contribution in [0.2, 0.25) is 0 Å². The Hall–Kier alpha value is -2.11. The zero-order valence-corrected chi connectivity index (χ0v) is 14.0. The van der Waals surface area contributed by atoms with Crippen LogP contribution >= 0.6 is 0 Å². The van der Waals surface area contributed by atoms with Crippen LogP contribution < -0.4 is 5.32 Å². The lowest BCUT2D eigenvalue weighted by Gasteiger charge is -2.27. The quantitative estimate of drug-likeness (QED) is 0.563. The molecule has 0 saturated carbocycles. The van der Waals surface area contributed by atoms with Crippen molar-refractivity contribution >= 4 is 16.9 Å². The number of benzene rings is 1. The second-order valence-corrected chi connectivity index (χ2v) is 6.00. The van der Waals surface area contributed by atoms with Crippen LogP contribution in [0.25, 0.3) is 10.9 Å². The number of para-hydroxylation sites is 1. The molecule has 1 aromatic carbocycles. The van der Waals surface area contributed by atoms with Crippen molar-refractivity contribution in [2.45, 2.75) is 32.2 Å². The van der Waals surface area contributed by atoms with E-state index in [0.29, 0.717) is 19.4 Å². The van der Waals surface area contributed by atoms with Crippen molar-refractivity contribution in [1.29, 1.82) is 0 Å². The molecule has 128 valence electrons. The molecule has 0 bridgehead atoms. The van der Waals surface area contributed by atoms with E-state index >= 15 is 0 Å². The third kappa shape index (κ3) is 3.37. The maximum Gasteiger partial charge on any atom is 0.330 e. The average Bonchev–Trinajstić information content (AvgIpc) is 2.97. The third-order valence-electron chi connectivity index (χ3n) is 4.44. The summed E-state index contributed by atoms with van der Waals surface area (Å²) in [6, 6.07) is 8.24. The number of aliphatic hydroxyl groups excluding tert-OH is 1. The second-order valence-electron chi connectivity index (χ2n) is 6.00. The summed E-state index contributed by atoms with van der Waals surface area (Å²) in [6.07, 6.45) is 3.82. The Morgan fingerprint density at radius 1 is 1.42 bits per heavy atom. The lowest BCUT2D eigenvalue weighted by molar-refractivity contribution is -0.137. The number of fused-ring (bicyclic) bond motifs is 3. The summed E-state index contributed by atoms with van der Waals surface area (Å²) < 4.78 is 5.07. The molecule has 0 radical (unpaired) electrons. The molecule has 1 aromatic heterocycles. The number of aromatic amines is 1. The van der Waals surface area contributed by atoms with Crippen LogP contribution in [0.4, 0.5) is 0 Å². The largest absolute Gasteiger partial charge is 0.463 e. The monoisotopic (exact) mass is 328 g/mol. The molecule has 0 aliphatic carbocycles. The summed E-state index contributed by atoms with van der Waals surface area (Å²) in [7, 11) is 0. The average molecular weight is 328 g/mol. The van der Waals surface area contributed by atoms with E-state index in [0.717, 1.165) is 29.7 Å². The number of nitrogens with one attached hydrogen (secondary N) is 2. The molecular formula is C19H24N2O3. The van der Waals surface area contributed by atoms with Crippen LogP contribution in [0.5, 0.6) is 0 Å². The summed E-state index contributed by atoms with van der Waals surface area (Å²) in [6.45, 7) is 3.12. The Morgan fingerprint density at radius 3 is 3.04 bits per heavy atom. The highest BCUT2D eigenvalue weighted by molar-refractivity contribution is 5.86. The molecule has 1 atom stereocenters. The van der Waals surface area contributed by atoms with Crippen molar-refractivity contribution in [2.24, 2.45) is 0 Å². The number of carbonyl (C=O) groups is 1. The summed E-state index contributed by atoms with van der Waals surface area (Å²) in [4.78, 5) is 15.5. The van der Waals surface area contributed by atoms with Gasteiger partial charge in [-0.1, -0.05) is 18.2 Å². The number of esters is 1. The highest BCUT2D eigenvalue weighted by atomic mass is 16.5. The summed E-state index contributed by atoms with van der Waals surface area (Å²) in [5.74, 6) is -0.324. The van der Waals surface area contributed by atoms with Crippen molar-refractivity contribution in [1.82, 2.24) is 10.3 Å². The molecule has 3 N–H and O–H groups in total. The van der Waals surface area contributed by atoms with Crippen LogP contribution in [-0.4, -0.2) is 35.8 Å². The van der Waals surface area contributed by atoms with Crippen LogP contribution in [0.3, 0.4) is 0 Å². The Bertz CT molecular complexity index is 748. The molecule has 0 spiro atoms. The minimum absolute atomic E-state index is 0.0443. The highest BCUT2D eigenvalue weighted by Crippen LogP contribution is 2.34. The van der Waals surface area contributed by atoms with Gasteiger partial charge in [0.15, 0.2) is 0 Å². The predicted molar refractivity (Wildman–Crippen MR) is 93.8 cm³/mol. The molecule has 3 rings (SSSR count). The van der Waals surface area contributed by atoms with Crippen molar-refractivity contribution in [2.75, 3.05) is 19.8 Å². The van der Waals surface area contributed by atoms with Gasteiger partial charge in [0.05, 0.1) is 12.6 Å².